The molecule has 0 bridgehead atoms. The summed E-state index contributed by atoms with van der Waals surface area (Å²) in [5.41, 5.74) is 2.60. The van der Waals surface area contributed by atoms with Crippen molar-refractivity contribution in [3.05, 3.63) is 64.6 Å². The van der Waals surface area contributed by atoms with Crippen molar-refractivity contribution >= 4 is 11.3 Å². The van der Waals surface area contributed by atoms with Crippen LogP contribution < -0.4 is 5.32 Å². The van der Waals surface area contributed by atoms with Gasteiger partial charge in [0, 0.05) is 19.1 Å². The van der Waals surface area contributed by atoms with Gasteiger partial charge in [0.25, 0.3) is 0 Å². The third kappa shape index (κ3) is 3.87. The Kier molecular flexibility index (Phi) is 5.34. The van der Waals surface area contributed by atoms with Gasteiger partial charge in [0.2, 0.25) is 0 Å². The van der Waals surface area contributed by atoms with Crippen molar-refractivity contribution in [2.45, 2.75) is 12.6 Å². The number of rotatable bonds is 7. The van der Waals surface area contributed by atoms with E-state index in [1.54, 1.807) is 23.5 Å². The van der Waals surface area contributed by atoms with Gasteiger partial charge in [-0.15, -0.1) is 0 Å². The molecular formula is C17H20FN5S. The summed E-state index contributed by atoms with van der Waals surface area (Å²) in [6, 6.07) is 7.62. The quantitative estimate of drug-likeness (QED) is 0.715. The van der Waals surface area contributed by atoms with Gasteiger partial charge in [-0.25, -0.2) is 14.1 Å². The number of aromatic nitrogens is 3. The van der Waals surface area contributed by atoms with E-state index in [-0.39, 0.29) is 5.82 Å². The molecule has 24 heavy (non-hydrogen) atoms. The lowest BCUT2D eigenvalue weighted by molar-refractivity contribution is 0.289. The molecule has 0 aliphatic heterocycles. The number of thiophene rings is 1. The van der Waals surface area contributed by atoms with E-state index in [1.807, 2.05) is 6.07 Å². The van der Waals surface area contributed by atoms with Gasteiger partial charge in [-0.05, 0) is 54.2 Å². The van der Waals surface area contributed by atoms with Crippen LogP contribution in [0.5, 0.6) is 0 Å². The molecule has 3 aromatic rings. The standard InChI is InChI=1S/C17H20FN5S/c1-22(2)17(14-5-6-24-10-14)9-19-8-13-3-4-16(15(18)7-13)23-12-20-11-21-23/h3-7,10-12,17,19H,8-9H2,1-2H3. The Morgan fingerprint density at radius 3 is 2.83 bits per heavy atom. The minimum absolute atomic E-state index is 0.301. The maximum Gasteiger partial charge on any atom is 0.149 e. The monoisotopic (exact) mass is 345 g/mol. The van der Waals surface area contributed by atoms with Gasteiger partial charge in [0.05, 0.1) is 0 Å². The van der Waals surface area contributed by atoms with Gasteiger partial charge < -0.3 is 10.2 Å². The van der Waals surface area contributed by atoms with E-state index in [0.717, 1.165) is 12.1 Å². The average molecular weight is 345 g/mol. The number of hydrogen-bond acceptors (Lipinski definition) is 5. The lowest BCUT2D eigenvalue weighted by atomic mass is 10.1. The molecular weight excluding hydrogens is 325 g/mol. The molecule has 3 rings (SSSR count). The number of benzene rings is 1. The first-order chi connectivity index (χ1) is 11.6. The maximum atomic E-state index is 14.2. The van der Waals surface area contributed by atoms with E-state index in [9.17, 15) is 4.39 Å². The molecule has 7 heteroatoms. The van der Waals surface area contributed by atoms with Gasteiger partial charge in [0.1, 0.15) is 24.2 Å². The molecule has 0 spiro atoms. The number of nitrogens with zero attached hydrogens (tertiary/aromatic N) is 4. The summed E-state index contributed by atoms with van der Waals surface area (Å²) in [5, 5.41) is 11.6. The highest BCUT2D eigenvalue weighted by Crippen LogP contribution is 2.20. The third-order valence-corrected chi connectivity index (χ3v) is 4.60. The molecule has 1 atom stereocenters. The van der Waals surface area contributed by atoms with E-state index in [2.05, 4.69) is 51.2 Å². The molecule has 0 saturated carbocycles. The van der Waals surface area contributed by atoms with Crippen molar-refractivity contribution in [1.82, 2.24) is 25.0 Å². The molecule has 0 radical (unpaired) electrons. The van der Waals surface area contributed by atoms with E-state index in [4.69, 9.17) is 0 Å². The van der Waals surface area contributed by atoms with E-state index >= 15 is 0 Å². The number of halogens is 1. The minimum atomic E-state index is -0.304. The fourth-order valence-electron chi connectivity index (χ4n) is 2.60. The number of likely N-dealkylation sites (N-methyl/N-ethyl adjacent to an activating group) is 1. The first kappa shape index (κ1) is 16.8. The second kappa shape index (κ2) is 7.65. The summed E-state index contributed by atoms with van der Waals surface area (Å²) < 4.78 is 15.6. The average Bonchev–Trinajstić information content (AvgIpc) is 3.24. The van der Waals surface area contributed by atoms with Crippen LogP contribution in [0.1, 0.15) is 17.2 Å². The van der Waals surface area contributed by atoms with Crippen LogP contribution in [0.3, 0.4) is 0 Å². The lowest BCUT2D eigenvalue weighted by Gasteiger charge is -2.24. The number of nitrogens with one attached hydrogen (secondary N) is 1. The van der Waals surface area contributed by atoms with Gasteiger partial charge in [-0.2, -0.15) is 16.4 Å². The van der Waals surface area contributed by atoms with Gasteiger partial charge in [0.15, 0.2) is 0 Å². The SMILES string of the molecule is CN(C)C(CNCc1ccc(-n2cncn2)c(F)c1)c1ccsc1. The predicted molar refractivity (Wildman–Crippen MR) is 93.8 cm³/mol. The van der Waals surface area contributed by atoms with Crippen LogP contribution in [0.25, 0.3) is 5.69 Å². The van der Waals surface area contributed by atoms with Gasteiger partial charge >= 0.3 is 0 Å². The normalized spacial score (nSPS) is 12.7. The van der Waals surface area contributed by atoms with Crippen molar-refractivity contribution in [3.63, 3.8) is 0 Å². The molecule has 2 aromatic heterocycles. The zero-order chi connectivity index (χ0) is 16.9. The van der Waals surface area contributed by atoms with Crippen molar-refractivity contribution in [1.29, 1.82) is 0 Å². The van der Waals surface area contributed by atoms with Crippen molar-refractivity contribution in [2.75, 3.05) is 20.6 Å². The Hall–Kier alpha value is -2.09. The summed E-state index contributed by atoms with van der Waals surface area (Å²) in [6.45, 7) is 1.42. The van der Waals surface area contributed by atoms with Gasteiger partial charge in [-0.3, -0.25) is 0 Å². The Balaban J connectivity index is 1.61. The maximum absolute atomic E-state index is 14.2. The first-order valence-electron chi connectivity index (χ1n) is 7.68. The first-order valence-corrected chi connectivity index (χ1v) is 8.62. The summed E-state index contributed by atoms with van der Waals surface area (Å²) in [6.07, 6.45) is 2.87. The second-order valence-electron chi connectivity index (χ2n) is 5.79. The predicted octanol–water partition coefficient (Wildman–Crippen LogP) is 2.86. The molecule has 1 unspecified atom stereocenters. The van der Waals surface area contributed by atoms with Crippen LogP contribution in [0.15, 0.2) is 47.7 Å². The topological polar surface area (TPSA) is 46.0 Å². The smallest absolute Gasteiger partial charge is 0.149 e. The van der Waals surface area contributed by atoms with Crippen LogP contribution in [-0.2, 0) is 6.54 Å². The van der Waals surface area contributed by atoms with Gasteiger partial charge in [-0.1, -0.05) is 6.07 Å². The molecule has 0 amide bonds. The molecule has 0 aliphatic rings. The van der Waals surface area contributed by atoms with E-state index in [1.165, 1.54) is 22.9 Å². The van der Waals surface area contributed by atoms with Crippen molar-refractivity contribution < 1.29 is 4.39 Å². The highest BCUT2D eigenvalue weighted by molar-refractivity contribution is 7.07. The van der Waals surface area contributed by atoms with Crippen molar-refractivity contribution in [2.24, 2.45) is 0 Å². The Morgan fingerprint density at radius 2 is 2.21 bits per heavy atom. The summed E-state index contributed by atoms with van der Waals surface area (Å²) >= 11 is 1.70. The third-order valence-electron chi connectivity index (χ3n) is 3.90. The highest BCUT2D eigenvalue weighted by atomic mass is 32.1. The Bertz CT molecular complexity index is 755. The summed E-state index contributed by atoms with van der Waals surface area (Å²) in [7, 11) is 4.13. The van der Waals surface area contributed by atoms with Crippen molar-refractivity contribution in [3.8, 4) is 5.69 Å². The summed E-state index contributed by atoms with van der Waals surface area (Å²) in [4.78, 5) is 6.02. The largest absolute Gasteiger partial charge is 0.311 e. The van der Waals surface area contributed by atoms with Crippen LogP contribution >= 0.6 is 11.3 Å². The zero-order valence-electron chi connectivity index (χ0n) is 13.7. The van der Waals surface area contributed by atoms with Crippen LogP contribution in [-0.4, -0.2) is 40.3 Å². The molecule has 0 saturated heterocycles. The Labute approximate surface area is 144 Å². The van der Waals surface area contributed by atoms with Crippen LogP contribution in [0.2, 0.25) is 0 Å². The lowest BCUT2D eigenvalue weighted by Crippen LogP contribution is -2.30. The minimum Gasteiger partial charge on any atom is -0.311 e. The van der Waals surface area contributed by atoms with E-state index in [0.29, 0.717) is 18.3 Å². The molecule has 2 heterocycles. The summed E-state index contributed by atoms with van der Waals surface area (Å²) in [5.74, 6) is -0.304. The Morgan fingerprint density at radius 1 is 1.33 bits per heavy atom. The molecule has 1 N–H and O–H groups in total. The fraction of sp³-hybridized carbons (Fsp3) is 0.294. The highest BCUT2D eigenvalue weighted by Gasteiger charge is 2.14. The zero-order valence-corrected chi connectivity index (χ0v) is 14.5. The van der Waals surface area contributed by atoms with Crippen LogP contribution in [0.4, 0.5) is 4.39 Å². The number of hydrogen-bond donors (Lipinski definition) is 1. The fourth-order valence-corrected chi connectivity index (χ4v) is 3.30. The molecule has 1 aromatic carbocycles. The molecule has 5 nitrogen and oxygen atoms in total. The molecule has 0 fully saturated rings. The molecule has 0 aliphatic carbocycles. The molecule has 126 valence electrons. The second-order valence-corrected chi connectivity index (χ2v) is 6.57. The van der Waals surface area contributed by atoms with Crippen LogP contribution in [0, 0.1) is 5.82 Å². The van der Waals surface area contributed by atoms with E-state index < -0.39 is 0 Å².